The molecule has 1 aliphatic heterocycles. The van der Waals surface area contributed by atoms with E-state index in [1.807, 2.05) is 25.1 Å². The highest BCUT2D eigenvalue weighted by Crippen LogP contribution is 2.24. The number of aryl methyl sites for hydroxylation is 1. The van der Waals surface area contributed by atoms with E-state index in [2.05, 4.69) is 27.8 Å². The van der Waals surface area contributed by atoms with Crippen LogP contribution in [-0.2, 0) is 0 Å². The predicted molar refractivity (Wildman–Crippen MR) is 95.5 cm³/mol. The first-order chi connectivity index (χ1) is 10.7. The van der Waals surface area contributed by atoms with Gasteiger partial charge in [-0.05, 0) is 62.1 Å². The Balaban J connectivity index is 0.00000192. The van der Waals surface area contributed by atoms with Crippen molar-refractivity contribution in [1.82, 2.24) is 10.3 Å². The van der Waals surface area contributed by atoms with Gasteiger partial charge in [0.1, 0.15) is 0 Å². The number of hydrogen-bond donors (Lipinski definition) is 2. The minimum atomic E-state index is -0.125. The summed E-state index contributed by atoms with van der Waals surface area (Å²) in [6, 6.07) is 11.8. The predicted octanol–water partition coefficient (Wildman–Crippen LogP) is 3.53. The van der Waals surface area contributed by atoms with Crippen LogP contribution in [0.5, 0.6) is 0 Å². The Labute approximate surface area is 143 Å². The molecule has 2 aromatic rings. The number of amides is 1. The second-order valence-corrected chi connectivity index (χ2v) is 5.81. The van der Waals surface area contributed by atoms with Crippen molar-refractivity contribution in [2.75, 3.05) is 18.4 Å². The van der Waals surface area contributed by atoms with Gasteiger partial charge >= 0.3 is 0 Å². The van der Waals surface area contributed by atoms with Crippen molar-refractivity contribution in [2.24, 2.45) is 0 Å². The molecule has 0 unspecified atom stereocenters. The van der Waals surface area contributed by atoms with Crippen LogP contribution in [0, 0.1) is 6.92 Å². The Morgan fingerprint density at radius 1 is 1.22 bits per heavy atom. The first kappa shape index (κ1) is 17.4. The lowest BCUT2D eigenvalue weighted by molar-refractivity contribution is 0.102. The molecule has 0 saturated carbocycles. The van der Waals surface area contributed by atoms with Crippen LogP contribution < -0.4 is 10.6 Å². The third-order valence-corrected chi connectivity index (χ3v) is 4.11. The summed E-state index contributed by atoms with van der Waals surface area (Å²) in [5, 5.41) is 6.34. The van der Waals surface area contributed by atoms with E-state index in [9.17, 15) is 4.79 Å². The Kier molecular flexibility index (Phi) is 6.13. The molecule has 1 aromatic heterocycles. The monoisotopic (exact) mass is 331 g/mol. The molecule has 1 amide bonds. The number of carbonyl (C=O) groups is 1. The second-order valence-electron chi connectivity index (χ2n) is 5.81. The average Bonchev–Trinajstić information content (AvgIpc) is 2.57. The molecule has 0 aliphatic carbocycles. The maximum Gasteiger partial charge on any atom is 0.257 e. The van der Waals surface area contributed by atoms with E-state index in [1.165, 1.54) is 18.4 Å². The molecule has 23 heavy (non-hydrogen) atoms. The number of rotatable bonds is 3. The summed E-state index contributed by atoms with van der Waals surface area (Å²) < 4.78 is 0. The van der Waals surface area contributed by atoms with Crippen LogP contribution in [0.4, 0.5) is 5.69 Å². The average molecular weight is 332 g/mol. The Hall–Kier alpha value is -1.91. The zero-order chi connectivity index (χ0) is 15.4. The van der Waals surface area contributed by atoms with Crippen LogP contribution >= 0.6 is 12.4 Å². The second kappa shape index (κ2) is 8.09. The van der Waals surface area contributed by atoms with Crippen LogP contribution in [0.2, 0.25) is 0 Å². The van der Waals surface area contributed by atoms with Gasteiger partial charge in [0.05, 0.1) is 5.56 Å². The molecule has 1 saturated heterocycles. The molecule has 1 aromatic carbocycles. The highest BCUT2D eigenvalue weighted by molar-refractivity contribution is 6.04. The number of pyridine rings is 1. The number of aromatic nitrogens is 1. The fourth-order valence-corrected chi connectivity index (χ4v) is 2.78. The van der Waals surface area contributed by atoms with Crippen molar-refractivity contribution in [3.8, 4) is 0 Å². The highest BCUT2D eigenvalue weighted by Gasteiger charge is 2.15. The normalized spacial score (nSPS) is 17.2. The Morgan fingerprint density at radius 3 is 2.61 bits per heavy atom. The fraction of sp³-hybridized carbons (Fsp3) is 0.333. The summed E-state index contributed by atoms with van der Waals surface area (Å²) in [4.78, 5) is 16.3. The summed E-state index contributed by atoms with van der Waals surface area (Å²) in [6.45, 7) is 4.07. The van der Waals surface area contributed by atoms with E-state index in [-0.39, 0.29) is 18.3 Å². The number of anilines is 1. The zero-order valence-electron chi connectivity index (χ0n) is 13.2. The lowest BCUT2D eigenvalue weighted by Gasteiger charge is -2.23. The molecule has 0 spiro atoms. The Bertz CT molecular complexity index is 634. The lowest BCUT2D eigenvalue weighted by Crippen LogP contribution is -2.28. The maximum atomic E-state index is 12.2. The molecule has 0 bridgehead atoms. The van der Waals surface area contributed by atoms with E-state index in [0.717, 1.165) is 24.5 Å². The summed E-state index contributed by atoms with van der Waals surface area (Å²) in [5.41, 5.74) is 3.63. The number of carbonyl (C=O) groups excluding carboxylic acids is 1. The number of piperidine rings is 1. The van der Waals surface area contributed by atoms with Crippen LogP contribution in [0.25, 0.3) is 0 Å². The highest BCUT2D eigenvalue weighted by atomic mass is 35.5. The molecular weight excluding hydrogens is 310 g/mol. The largest absolute Gasteiger partial charge is 0.322 e. The van der Waals surface area contributed by atoms with Gasteiger partial charge in [0, 0.05) is 24.1 Å². The molecular formula is C18H22ClN3O. The van der Waals surface area contributed by atoms with Crippen molar-refractivity contribution >= 4 is 24.0 Å². The van der Waals surface area contributed by atoms with Gasteiger partial charge in [-0.15, -0.1) is 12.4 Å². The van der Waals surface area contributed by atoms with Crippen LogP contribution in [0.1, 0.15) is 40.4 Å². The van der Waals surface area contributed by atoms with E-state index < -0.39 is 0 Å². The zero-order valence-corrected chi connectivity index (χ0v) is 14.0. The molecule has 1 aliphatic rings. The van der Waals surface area contributed by atoms with Crippen molar-refractivity contribution in [3.63, 3.8) is 0 Å². The summed E-state index contributed by atoms with van der Waals surface area (Å²) in [7, 11) is 0. The van der Waals surface area contributed by atoms with Gasteiger partial charge in [0.25, 0.3) is 5.91 Å². The van der Waals surface area contributed by atoms with Gasteiger partial charge < -0.3 is 10.6 Å². The first-order valence-corrected chi connectivity index (χ1v) is 7.77. The first-order valence-electron chi connectivity index (χ1n) is 7.77. The molecule has 2 heterocycles. The van der Waals surface area contributed by atoms with Gasteiger partial charge in [0.15, 0.2) is 0 Å². The topological polar surface area (TPSA) is 54.0 Å². The molecule has 122 valence electrons. The third-order valence-electron chi connectivity index (χ3n) is 4.11. The van der Waals surface area contributed by atoms with Crippen molar-refractivity contribution in [2.45, 2.75) is 25.7 Å². The van der Waals surface area contributed by atoms with E-state index >= 15 is 0 Å². The molecule has 2 N–H and O–H groups in total. The smallest absolute Gasteiger partial charge is 0.257 e. The minimum Gasteiger partial charge on any atom is -0.322 e. The van der Waals surface area contributed by atoms with Gasteiger partial charge in [-0.2, -0.15) is 0 Å². The number of hydrogen-bond acceptors (Lipinski definition) is 3. The van der Waals surface area contributed by atoms with E-state index in [1.54, 1.807) is 12.3 Å². The van der Waals surface area contributed by atoms with Gasteiger partial charge in [-0.1, -0.05) is 12.1 Å². The number of halogens is 1. The third kappa shape index (κ3) is 4.53. The summed E-state index contributed by atoms with van der Waals surface area (Å²) >= 11 is 0. The van der Waals surface area contributed by atoms with Crippen LogP contribution in [-0.4, -0.2) is 24.0 Å². The van der Waals surface area contributed by atoms with Gasteiger partial charge in [-0.3, -0.25) is 9.78 Å². The molecule has 4 nitrogen and oxygen atoms in total. The Morgan fingerprint density at radius 2 is 2.00 bits per heavy atom. The molecule has 1 atom stereocenters. The van der Waals surface area contributed by atoms with Gasteiger partial charge in [0.2, 0.25) is 0 Å². The molecule has 0 radical (unpaired) electrons. The molecule has 5 heteroatoms. The number of nitrogens with one attached hydrogen (secondary N) is 2. The fourth-order valence-electron chi connectivity index (χ4n) is 2.78. The quantitative estimate of drug-likeness (QED) is 0.904. The van der Waals surface area contributed by atoms with Crippen molar-refractivity contribution < 1.29 is 4.79 Å². The van der Waals surface area contributed by atoms with Crippen molar-refractivity contribution in [1.29, 1.82) is 0 Å². The number of benzene rings is 1. The maximum absolute atomic E-state index is 12.2. The van der Waals surface area contributed by atoms with Crippen LogP contribution in [0.15, 0.2) is 42.6 Å². The van der Waals surface area contributed by atoms with Gasteiger partial charge in [-0.25, -0.2) is 0 Å². The van der Waals surface area contributed by atoms with E-state index in [4.69, 9.17) is 0 Å². The minimum absolute atomic E-state index is 0. The summed E-state index contributed by atoms with van der Waals surface area (Å²) in [6.07, 6.45) is 4.06. The van der Waals surface area contributed by atoms with Crippen LogP contribution in [0.3, 0.4) is 0 Å². The van der Waals surface area contributed by atoms with Crippen molar-refractivity contribution in [3.05, 3.63) is 59.4 Å². The number of nitrogens with zero attached hydrogens (tertiary/aromatic N) is 1. The standard InChI is InChI=1S/C18H21N3O.ClH/c1-13-4-5-16(12-20-13)18(22)21-17-8-6-14(7-9-17)15-3-2-10-19-11-15;/h4-9,12,15,19H,2-3,10-11H2,1H3,(H,21,22);1H/t15-;/m0./s1. The molecule has 3 rings (SSSR count). The molecule has 1 fully saturated rings. The van der Waals surface area contributed by atoms with E-state index in [0.29, 0.717) is 11.5 Å². The SMILES string of the molecule is Cc1ccc(C(=O)Nc2ccc([C@H]3CCCNC3)cc2)cn1.Cl. The lowest BCUT2D eigenvalue weighted by atomic mass is 9.92. The summed E-state index contributed by atoms with van der Waals surface area (Å²) in [5.74, 6) is 0.458.